The van der Waals surface area contributed by atoms with Crippen molar-refractivity contribution in [3.63, 3.8) is 0 Å². The molecule has 112 valence electrons. The minimum atomic E-state index is 0.151. The van der Waals surface area contributed by atoms with E-state index in [9.17, 15) is 0 Å². The molecule has 0 spiro atoms. The molecule has 0 aromatic heterocycles. The highest BCUT2D eigenvalue weighted by molar-refractivity contribution is 6.32. The van der Waals surface area contributed by atoms with E-state index in [0.717, 1.165) is 29.1 Å². The fraction of sp³-hybridized carbons (Fsp3) is 0.368. The molecule has 0 bridgehead atoms. The van der Waals surface area contributed by atoms with E-state index in [4.69, 9.17) is 11.6 Å². The van der Waals surface area contributed by atoms with Crippen LogP contribution in [0.3, 0.4) is 0 Å². The number of aryl methyl sites for hydroxylation is 2. The van der Waals surface area contributed by atoms with Gasteiger partial charge in [0.25, 0.3) is 0 Å². The van der Waals surface area contributed by atoms with Crippen molar-refractivity contribution in [3.8, 4) is 0 Å². The second-order valence-electron chi connectivity index (χ2n) is 5.46. The largest absolute Gasteiger partial charge is 0.306 e. The molecular weight excluding hydrogens is 278 g/mol. The Morgan fingerprint density at radius 1 is 1.05 bits per heavy atom. The van der Waals surface area contributed by atoms with Gasteiger partial charge in [0.2, 0.25) is 0 Å². The van der Waals surface area contributed by atoms with Gasteiger partial charge in [-0.05, 0) is 42.1 Å². The van der Waals surface area contributed by atoms with Gasteiger partial charge in [-0.3, -0.25) is 0 Å². The first-order valence-corrected chi connectivity index (χ1v) is 8.12. The number of hydrogen-bond acceptors (Lipinski definition) is 1. The minimum absolute atomic E-state index is 0.151. The maximum absolute atomic E-state index is 6.51. The molecule has 0 radical (unpaired) electrons. The maximum atomic E-state index is 6.51. The van der Waals surface area contributed by atoms with E-state index >= 15 is 0 Å². The SMILES string of the molecule is CCCc1ccc(C(NCC)c2cccc(C)c2Cl)cc1. The van der Waals surface area contributed by atoms with Crippen LogP contribution in [0.2, 0.25) is 5.02 Å². The molecule has 0 aliphatic rings. The van der Waals surface area contributed by atoms with Crippen LogP contribution in [0.4, 0.5) is 0 Å². The first-order chi connectivity index (χ1) is 10.2. The average molecular weight is 302 g/mol. The van der Waals surface area contributed by atoms with E-state index in [1.54, 1.807) is 0 Å². The molecule has 0 saturated carbocycles. The molecule has 1 atom stereocenters. The third-order valence-corrected chi connectivity index (χ3v) is 4.31. The van der Waals surface area contributed by atoms with E-state index in [2.05, 4.69) is 68.6 Å². The molecule has 1 N–H and O–H groups in total. The Labute approximate surface area is 133 Å². The zero-order chi connectivity index (χ0) is 15.2. The zero-order valence-corrected chi connectivity index (χ0v) is 13.9. The molecule has 0 amide bonds. The van der Waals surface area contributed by atoms with Crippen molar-refractivity contribution in [1.29, 1.82) is 0 Å². The van der Waals surface area contributed by atoms with Crippen LogP contribution in [0.15, 0.2) is 42.5 Å². The number of benzene rings is 2. The summed E-state index contributed by atoms with van der Waals surface area (Å²) in [5, 5.41) is 4.41. The molecule has 2 aromatic rings. The van der Waals surface area contributed by atoms with Crippen molar-refractivity contribution in [2.45, 2.75) is 39.7 Å². The van der Waals surface area contributed by atoms with Crippen molar-refractivity contribution in [2.75, 3.05) is 6.54 Å². The molecule has 2 aromatic carbocycles. The quantitative estimate of drug-likeness (QED) is 0.763. The molecular formula is C19H24ClN. The Morgan fingerprint density at radius 2 is 1.76 bits per heavy atom. The first kappa shape index (κ1) is 16.1. The van der Waals surface area contributed by atoms with E-state index < -0.39 is 0 Å². The van der Waals surface area contributed by atoms with Gasteiger partial charge in [-0.15, -0.1) is 0 Å². The second kappa shape index (κ2) is 7.63. The molecule has 0 fully saturated rings. The van der Waals surface area contributed by atoms with Crippen LogP contribution in [-0.2, 0) is 6.42 Å². The summed E-state index contributed by atoms with van der Waals surface area (Å²) in [6, 6.07) is 15.3. The fourth-order valence-corrected chi connectivity index (χ4v) is 2.91. The Bertz CT molecular complexity index is 575. The monoisotopic (exact) mass is 301 g/mol. The van der Waals surface area contributed by atoms with Crippen LogP contribution in [0.1, 0.15) is 48.6 Å². The van der Waals surface area contributed by atoms with E-state index in [0.29, 0.717) is 0 Å². The average Bonchev–Trinajstić information content (AvgIpc) is 2.49. The summed E-state index contributed by atoms with van der Waals surface area (Å²) in [7, 11) is 0. The summed E-state index contributed by atoms with van der Waals surface area (Å²) in [6.07, 6.45) is 2.32. The number of rotatable bonds is 6. The Kier molecular flexibility index (Phi) is 5.84. The van der Waals surface area contributed by atoms with Gasteiger partial charge >= 0.3 is 0 Å². The molecule has 0 aliphatic carbocycles. The Hall–Kier alpha value is -1.31. The summed E-state index contributed by atoms with van der Waals surface area (Å²) in [5.74, 6) is 0. The van der Waals surface area contributed by atoms with E-state index in [1.165, 1.54) is 17.5 Å². The van der Waals surface area contributed by atoms with Crippen LogP contribution < -0.4 is 5.32 Å². The maximum Gasteiger partial charge on any atom is 0.0591 e. The minimum Gasteiger partial charge on any atom is -0.306 e. The Balaban J connectivity index is 2.36. The molecule has 0 heterocycles. The summed E-state index contributed by atoms with van der Waals surface area (Å²) in [5.41, 5.74) is 4.94. The molecule has 2 heteroatoms. The lowest BCUT2D eigenvalue weighted by Crippen LogP contribution is -2.22. The van der Waals surface area contributed by atoms with Gasteiger partial charge in [-0.25, -0.2) is 0 Å². The highest BCUT2D eigenvalue weighted by atomic mass is 35.5. The van der Waals surface area contributed by atoms with E-state index in [-0.39, 0.29) is 6.04 Å². The first-order valence-electron chi connectivity index (χ1n) is 7.74. The van der Waals surface area contributed by atoms with Crippen LogP contribution in [0, 0.1) is 6.92 Å². The standard InChI is InChI=1S/C19H24ClN/c1-4-7-15-10-12-16(13-11-15)19(21-5-2)17-9-6-8-14(3)18(17)20/h6,8-13,19,21H,4-5,7H2,1-3H3. The lowest BCUT2D eigenvalue weighted by molar-refractivity contribution is 0.630. The fourth-order valence-electron chi connectivity index (χ4n) is 2.67. The van der Waals surface area contributed by atoms with Crippen LogP contribution in [0.5, 0.6) is 0 Å². The van der Waals surface area contributed by atoms with Crippen LogP contribution in [0.25, 0.3) is 0 Å². The summed E-state index contributed by atoms with van der Waals surface area (Å²) in [6.45, 7) is 7.30. The van der Waals surface area contributed by atoms with E-state index in [1.807, 2.05) is 0 Å². The highest BCUT2D eigenvalue weighted by Crippen LogP contribution is 2.30. The number of halogens is 1. The van der Waals surface area contributed by atoms with Crippen LogP contribution in [-0.4, -0.2) is 6.54 Å². The van der Waals surface area contributed by atoms with Gasteiger partial charge in [0.05, 0.1) is 6.04 Å². The molecule has 1 unspecified atom stereocenters. The normalized spacial score (nSPS) is 12.4. The number of nitrogens with one attached hydrogen (secondary N) is 1. The van der Waals surface area contributed by atoms with Crippen molar-refractivity contribution in [3.05, 3.63) is 69.7 Å². The molecule has 2 rings (SSSR count). The molecule has 1 nitrogen and oxygen atoms in total. The third-order valence-electron chi connectivity index (χ3n) is 3.79. The molecule has 0 aliphatic heterocycles. The van der Waals surface area contributed by atoms with Crippen molar-refractivity contribution >= 4 is 11.6 Å². The number of hydrogen-bond donors (Lipinski definition) is 1. The summed E-state index contributed by atoms with van der Waals surface area (Å²) < 4.78 is 0. The van der Waals surface area contributed by atoms with Gasteiger partial charge in [-0.2, -0.15) is 0 Å². The Morgan fingerprint density at radius 3 is 2.38 bits per heavy atom. The lowest BCUT2D eigenvalue weighted by atomic mass is 9.95. The predicted octanol–water partition coefficient (Wildman–Crippen LogP) is 5.30. The van der Waals surface area contributed by atoms with Crippen molar-refractivity contribution < 1.29 is 0 Å². The summed E-state index contributed by atoms with van der Waals surface area (Å²) >= 11 is 6.51. The highest BCUT2D eigenvalue weighted by Gasteiger charge is 2.16. The predicted molar refractivity (Wildman–Crippen MR) is 92.1 cm³/mol. The van der Waals surface area contributed by atoms with Crippen molar-refractivity contribution in [2.24, 2.45) is 0 Å². The van der Waals surface area contributed by atoms with Gasteiger partial charge in [-0.1, -0.05) is 74.3 Å². The van der Waals surface area contributed by atoms with Gasteiger partial charge in [0, 0.05) is 5.02 Å². The molecule has 21 heavy (non-hydrogen) atoms. The topological polar surface area (TPSA) is 12.0 Å². The summed E-state index contributed by atoms with van der Waals surface area (Å²) in [4.78, 5) is 0. The van der Waals surface area contributed by atoms with Gasteiger partial charge in [0.15, 0.2) is 0 Å². The zero-order valence-electron chi connectivity index (χ0n) is 13.1. The third kappa shape index (κ3) is 3.87. The lowest BCUT2D eigenvalue weighted by Gasteiger charge is -2.21. The van der Waals surface area contributed by atoms with Gasteiger partial charge in [0.1, 0.15) is 0 Å². The van der Waals surface area contributed by atoms with Gasteiger partial charge < -0.3 is 5.32 Å². The van der Waals surface area contributed by atoms with Crippen molar-refractivity contribution in [1.82, 2.24) is 5.32 Å². The molecule has 0 saturated heterocycles. The van der Waals surface area contributed by atoms with Crippen LogP contribution >= 0.6 is 11.6 Å². The second-order valence-corrected chi connectivity index (χ2v) is 5.84. The smallest absolute Gasteiger partial charge is 0.0591 e.